The molecule has 0 saturated carbocycles. The Hall–Kier alpha value is -2.26. The second-order valence-electron chi connectivity index (χ2n) is 4.72. The van der Waals surface area contributed by atoms with Gasteiger partial charge in [0.05, 0.1) is 41.1 Å². The van der Waals surface area contributed by atoms with Gasteiger partial charge in [0, 0.05) is 12.6 Å². The summed E-state index contributed by atoms with van der Waals surface area (Å²) in [6.45, 7) is 0.942. The van der Waals surface area contributed by atoms with E-state index in [1.807, 2.05) is 0 Å². The minimum atomic E-state index is -0.689. The zero-order chi connectivity index (χ0) is 14.8. The summed E-state index contributed by atoms with van der Waals surface area (Å²) in [7, 11) is 0. The van der Waals surface area contributed by atoms with Crippen LogP contribution >= 0.6 is 0 Å². The number of nitro benzene ring substituents is 2. The standard InChI is InChI=1S/C11H13N3O6/c15-5-11(6-20-7-11)4-12-9-2-1-8(13(16)17)3-10(9)14(18)19/h1-3,12,15H,4-7H2. The van der Waals surface area contributed by atoms with Crippen molar-refractivity contribution in [3.8, 4) is 0 Å². The molecule has 1 fully saturated rings. The van der Waals surface area contributed by atoms with Gasteiger partial charge in [0.1, 0.15) is 5.69 Å². The summed E-state index contributed by atoms with van der Waals surface area (Å²) >= 11 is 0. The zero-order valence-corrected chi connectivity index (χ0v) is 10.4. The molecule has 1 aliphatic rings. The van der Waals surface area contributed by atoms with E-state index in [-0.39, 0.29) is 23.7 Å². The Labute approximate surface area is 113 Å². The first-order valence-electron chi connectivity index (χ1n) is 5.83. The summed E-state index contributed by atoms with van der Waals surface area (Å²) < 4.78 is 5.02. The lowest BCUT2D eigenvalue weighted by Crippen LogP contribution is -2.50. The number of hydrogen-bond acceptors (Lipinski definition) is 7. The van der Waals surface area contributed by atoms with E-state index < -0.39 is 15.3 Å². The van der Waals surface area contributed by atoms with Crippen molar-refractivity contribution in [3.05, 3.63) is 38.4 Å². The first-order chi connectivity index (χ1) is 9.47. The average molecular weight is 283 g/mol. The van der Waals surface area contributed by atoms with Crippen LogP contribution in [0.4, 0.5) is 17.1 Å². The number of anilines is 1. The van der Waals surface area contributed by atoms with Crippen molar-refractivity contribution in [1.82, 2.24) is 0 Å². The van der Waals surface area contributed by atoms with Gasteiger partial charge in [0.2, 0.25) is 0 Å². The molecule has 2 rings (SSSR count). The van der Waals surface area contributed by atoms with Crippen LogP contribution in [0.1, 0.15) is 0 Å². The molecule has 0 aliphatic carbocycles. The average Bonchev–Trinajstić information content (AvgIpc) is 2.37. The van der Waals surface area contributed by atoms with Crippen molar-refractivity contribution in [2.45, 2.75) is 0 Å². The van der Waals surface area contributed by atoms with Crippen molar-refractivity contribution in [1.29, 1.82) is 0 Å². The normalized spacial score (nSPS) is 16.2. The molecule has 0 aromatic heterocycles. The smallest absolute Gasteiger partial charge is 0.299 e. The Kier molecular flexibility index (Phi) is 3.81. The van der Waals surface area contributed by atoms with Gasteiger partial charge >= 0.3 is 0 Å². The number of aliphatic hydroxyl groups is 1. The fourth-order valence-electron chi connectivity index (χ4n) is 1.86. The highest BCUT2D eigenvalue weighted by molar-refractivity contribution is 5.65. The third-order valence-corrected chi connectivity index (χ3v) is 3.19. The molecule has 0 atom stereocenters. The second kappa shape index (κ2) is 5.39. The van der Waals surface area contributed by atoms with Gasteiger partial charge in [0.15, 0.2) is 0 Å². The molecule has 9 heteroatoms. The maximum absolute atomic E-state index is 10.9. The highest BCUT2D eigenvalue weighted by Gasteiger charge is 2.38. The van der Waals surface area contributed by atoms with E-state index in [1.165, 1.54) is 12.1 Å². The van der Waals surface area contributed by atoms with Crippen molar-refractivity contribution >= 4 is 17.1 Å². The molecule has 0 radical (unpaired) electrons. The molecule has 1 aromatic rings. The molecule has 2 N–H and O–H groups in total. The molecular weight excluding hydrogens is 270 g/mol. The molecule has 1 aromatic carbocycles. The van der Waals surface area contributed by atoms with Gasteiger partial charge in [0.25, 0.3) is 11.4 Å². The molecule has 20 heavy (non-hydrogen) atoms. The Morgan fingerprint density at radius 1 is 1.30 bits per heavy atom. The lowest BCUT2D eigenvalue weighted by atomic mass is 9.87. The minimum Gasteiger partial charge on any atom is -0.396 e. The number of aliphatic hydroxyl groups excluding tert-OH is 1. The molecule has 1 aliphatic heterocycles. The highest BCUT2D eigenvalue weighted by atomic mass is 16.6. The molecule has 0 amide bonds. The van der Waals surface area contributed by atoms with E-state index in [0.717, 1.165) is 6.07 Å². The van der Waals surface area contributed by atoms with E-state index in [0.29, 0.717) is 19.8 Å². The summed E-state index contributed by atoms with van der Waals surface area (Å²) in [6, 6.07) is 3.39. The number of benzene rings is 1. The van der Waals surface area contributed by atoms with Crippen LogP contribution in [0.3, 0.4) is 0 Å². The SMILES string of the molecule is O=[N+]([O-])c1ccc(NCC2(CO)COC2)c([N+](=O)[O-])c1. The number of nitrogens with zero attached hydrogens (tertiary/aromatic N) is 2. The fourth-order valence-corrected chi connectivity index (χ4v) is 1.86. The second-order valence-corrected chi connectivity index (χ2v) is 4.72. The van der Waals surface area contributed by atoms with Crippen molar-refractivity contribution in [2.75, 3.05) is 31.7 Å². The lowest BCUT2D eigenvalue weighted by molar-refractivity contribution is -0.393. The van der Waals surface area contributed by atoms with Gasteiger partial charge < -0.3 is 15.2 Å². The van der Waals surface area contributed by atoms with Crippen LogP contribution in [0.25, 0.3) is 0 Å². The fraction of sp³-hybridized carbons (Fsp3) is 0.455. The zero-order valence-electron chi connectivity index (χ0n) is 10.4. The predicted molar refractivity (Wildman–Crippen MR) is 68.6 cm³/mol. The quantitative estimate of drug-likeness (QED) is 0.586. The molecule has 108 valence electrons. The first kappa shape index (κ1) is 14.2. The molecule has 0 unspecified atom stereocenters. The van der Waals surface area contributed by atoms with E-state index in [4.69, 9.17) is 4.74 Å². The Bertz CT molecular complexity index is 537. The van der Waals surface area contributed by atoms with E-state index in [1.54, 1.807) is 0 Å². The van der Waals surface area contributed by atoms with Gasteiger partial charge in [-0.1, -0.05) is 0 Å². The molecule has 9 nitrogen and oxygen atoms in total. The van der Waals surface area contributed by atoms with Gasteiger partial charge in [-0.05, 0) is 6.07 Å². The van der Waals surface area contributed by atoms with Crippen molar-refractivity contribution in [3.63, 3.8) is 0 Å². The van der Waals surface area contributed by atoms with Crippen LogP contribution in [0.15, 0.2) is 18.2 Å². The number of nitro groups is 2. The van der Waals surface area contributed by atoms with Crippen LogP contribution in [-0.2, 0) is 4.74 Å². The van der Waals surface area contributed by atoms with E-state index >= 15 is 0 Å². The number of ether oxygens (including phenoxy) is 1. The largest absolute Gasteiger partial charge is 0.396 e. The van der Waals surface area contributed by atoms with E-state index in [9.17, 15) is 25.3 Å². The summed E-state index contributed by atoms with van der Waals surface area (Å²) in [5.41, 5.74) is -0.978. The highest BCUT2D eigenvalue weighted by Crippen LogP contribution is 2.32. The van der Waals surface area contributed by atoms with Crippen LogP contribution < -0.4 is 5.32 Å². The molecular formula is C11H13N3O6. The number of non-ortho nitro benzene ring substituents is 1. The third-order valence-electron chi connectivity index (χ3n) is 3.19. The van der Waals surface area contributed by atoms with Crippen LogP contribution in [0.2, 0.25) is 0 Å². The third kappa shape index (κ3) is 2.68. The molecule has 1 heterocycles. The summed E-state index contributed by atoms with van der Waals surface area (Å²) in [6.07, 6.45) is 0. The summed E-state index contributed by atoms with van der Waals surface area (Å²) in [4.78, 5) is 20.2. The molecule has 1 saturated heterocycles. The number of hydrogen-bond donors (Lipinski definition) is 2. The Balaban J connectivity index is 2.18. The Morgan fingerprint density at radius 2 is 2.00 bits per heavy atom. The van der Waals surface area contributed by atoms with Crippen LogP contribution in [0, 0.1) is 25.6 Å². The number of rotatable bonds is 6. The minimum absolute atomic E-state index is 0.0964. The maximum Gasteiger partial charge on any atom is 0.299 e. The van der Waals surface area contributed by atoms with Crippen LogP contribution in [0.5, 0.6) is 0 Å². The van der Waals surface area contributed by atoms with Crippen molar-refractivity contribution in [2.24, 2.45) is 5.41 Å². The summed E-state index contributed by atoms with van der Waals surface area (Å²) in [5, 5.41) is 33.7. The van der Waals surface area contributed by atoms with Crippen molar-refractivity contribution < 1.29 is 19.7 Å². The van der Waals surface area contributed by atoms with Gasteiger partial charge in [-0.2, -0.15) is 0 Å². The monoisotopic (exact) mass is 283 g/mol. The summed E-state index contributed by atoms with van der Waals surface area (Å²) in [5.74, 6) is 0. The van der Waals surface area contributed by atoms with Crippen LogP contribution in [-0.4, -0.2) is 41.3 Å². The predicted octanol–water partition coefficient (Wildman–Crippen LogP) is 0.924. The van der Waals surface area contributed by atoms with E-state index in [2.05, 4.69) is 5.32 Å². The maximum atomic E-state index is 10.9. The van der Waals surface area contributed by atoms with Gasteiger partial charge in [-0.25, -0.2) is 0 Å². The first-order valence-corrected chi connectivity index (χ1v) is 5.83. The molecule has 0 spiro atoms. The molecule has 0 bridgehead atoms. The number of nitrogens with one attached hydrogen (secondary N) is 1. The lowest BCUT2D eigenvalue weighted by Gasteiger charge is -2.40. The topological polar surface area (TPSA) is 128 Å². The van der Waals surface area contributed by atoms with Gasteiger partial charge in [-0.15, -0.1) is 0 Å². The van der Waals surface area contributed by atoms with Gasteiger partial charge in [-0.3, -0.25) is 20.2 Å². The Morgan fingerprint density at radius 3 is 2.45 bits per heavy atom.